The lowest BCUT2D eigenvalue weighted by Gasteiger charge is -2.25. The zero-order valence-electron chi connectivity index (χ0n) is 17.4. The molecule has 0 aliphatic rings. The van der Waals surface area contributed by atoms with Crippen LogP contribution in [0.5, 0.6) is 11.8 Å². The van der Waals surface area contributed by atoms with Gasteiger partial charge in [0, 0.05) is 37.5 Å². The van der Waals surface area contributed by atoms with E-state index in [-0.39, 0.29) is 24.5 Å². The first kappa shape index (κ1) is 23.1. The predicted molar refractivity (Wildman–Crippen MR) is 116 cm³/mol. The van der Waals surface area contributed by atoms with E-state index in [1.165, 1.54) is 29.2 Å². The Morgan fingerprint density at radius 3 is 2.38 bits per heavy atom. The quantitative estimate of drug-likeness (QED) is 0.385. The lowest BCUT2D eigenvalue weighted by Crippen LogP contribution is -2.49. The maximum atomic E-state index is 12.5. The highest BCUT2D eigenvalue weighted by Crippen LogP contribution is 2.24. The van der Waals surface area contributed by atoms with E-state index < -0.39 is 20.5 Å². The fourth-order valence-electron chi connectivity index (χ4n) is 2.95. The first-order valence-electron chi connectivity index (χ1n) is 9.54. The summed E-state index contributed by atoms with van der Waals surface area (Å²) >= 11 is 0. The van der Waals surface area contributed by atoms with Gasteiger partial charge >= 0.3 is 6.01 Å². The van der Waals surface area contributed by atoms with Crippen LogP contribution in [0.15, 0.2) is 65.8 Å². The molecule has 0 aliphatic carbocycles. The van der Waals surface area contributed by atoms with Crippen molar-refractivity contribution in [2.75, 3.05) is 6.26 Å². The number of hydroxylamine groups is 1. The van der Waals surface area contributed by atoms with Crippen LogP contribution in [0.25, 0.3) is 11.1 Å². The van der Waals surface area contributed by atoms with E-state index in [0.29, 0.717) is 11.3 Å². The minimum atomic E-state index is -3.84. The van der Waals surface area contributed by atoms with E-state index >= 15 is 0 Å². The standard InChI is InChI=1S/C21H22N4O6S/c1-21(19(27)24-28,32(2,29)30)9-13-25-12-8-16(14-18(25)26)15-4-6-17(7-5-15)31-20-22-10-3-11-23-20/h3-8,10-12,14,28H,9,13H2,1-2H3,(H,24,27). The van der Waals surface area contributed by atoms with Gasteiger partial charge in [-0.2, -0.15) is 0 Å². The van der Waals surface area contributed by atoms with Crippen LogP contribution in [0, 0.1) is 0 Å². The number of pyridine rings is 1. The SMILES string of the molecule is CC(CCn1ccc(-c2ccc(Oc3ncccn3)cc2)cc1=O)(C(=O)NO)S(C)(=O)=O. The third kappa shape index (κ3) is 5.01. The maximum absolute atomic E-state index is 12.5. The van der Waals surface area contributed by atoms with Gasteiger partial charge in [-0.05, 0) is 48.7 Å². The maximum Gasteiger partial charge on any atom is 0.321 e. The number of aryl methyl sites for hydroxylation is 1. The Kier molecular flexibility index (Phi) is 6.70. The molecular formula is C21H22N4O6S. The lowest BCUT2D eigenvalue weighted by atomic mass is 10.1. The average molecular weight is 458 g/mol. The average Bonchev–Trinajstić information content (AvgIpc) is 2.78. The van der Waals surface area contributed by atoms with Gasteiger partial charge in [0.1, 0.15) is 5.75 Å². The molecule has 1 amide bonds. The highest BCUT2D eigenvalue weighted by Gasteiger charge is 2.43. The van der Waals surface area contributed by atoms with Crippen molar-refractivity contribution in [3.63, 3.8) is 0 Å². The molecule has 0 bridgehead atoms. The third-order valence-electron chi connectivity index (χ3n) is 5.16. The molecule has 2 heterocycles. The van der Waals surface area contributed by atoms with Crippen molar-refractivity contribution in [3.8, 4) is 22.9 Å². The summed E-state index contributed by atoms with van der Waals surface area (Å²) in [6.07, 6.45) is 5.39. The molecule has 0 saturated heterocycles. The second kappa shape index (κ2) is 9.28. The Morgan fingerprint density at radius 1 is 1.16 bits per heavy atom. The molecule has 0 radical (unpaired) electrons. The minimum absolute atomic E-state index is 0.0278. The van der Waals surface area contributed by atoms with Gasteiger partial charge in [0.15, 0.2) is 14.6 Å². The summed E-state index contributed by atoms with van der Waals surface area (Å²) in [5, 5.41) is 8.90. The number of amides is 1. The predicted octanol–water partition coefficient (Wildman–Crippen LogP) is 1.80. The number of nitrogens with one attached hydrogen (secondary N) is 1. The smallest absolute Gasteiger partial charge is 0.321 e. The first-order valence-corrected chi connectivity index (χ1v) is 11.4. The second-order valence-corrected chi connectivity index (χ2v) is 9.74. The number of sulfone groups is 1. The fraction of sp³-hybridized carbons (Fsp3) is 0.238. The molecule has 1 aromatic carbocycles. The highest BCUT2D eigenvalue weighted by molar-refractivity contribution is 7.92. The number of benzene rings is 1. The van der Waals surface area contributed by atoms with Gasteiger partial charge in [0.2, 0.25) is 0 Å². The van der Waals surface area contributed by atoms with Crippen LogP contribution < -0.4 is 15.8 Å². The number of hydrogen-bond donors (Lipinski definition) is 2. The second-order valence-electron chi connectivity index (χ2n) is 7.30. The van der Waals surface area contributed by atoms with Crippen LogP contribution in [0.2, 0.25) is 0 Å². The molecule has 10 nitrogen and oxygen atoms in total. The molecule has 2 N–H and O–H groups in total. The molecule has 0 aliphatic heterocycles. The number of ether oxygens (including phenoxy) is 1. The third-order valence-corrected chi connectivity index (χ3v) is 7.19. The van der Waals surface area contributed by atoms with E-state index in [1.54, 1.807) is 48.8 Å². The Bertz CT molecular complexity index is 1260. The number of nitrogens with zero attached hydrogens (tertiary/aromatic N) is 3. The number of carbonyl (C=O) groups is 1. The van der Waals surface area contributed by atoms with Crippen LogP contribution in [0.4, 0.5) is 0 Å². The number of hydrogen-bond acceptors (Lipinski definition) is 8. The van der Waals surface area contributed by atoms with Crippen LogP contribution in [0.3, 0.4) is 0 Å². The Labute approximate surface area is 184 Å². The number of rotatable bonds is 8. The first-order chi connectivity index (χ1) is 15.1. The molecule has 1 atom stereocenters. The molecular weight excluding hydrogens is 436 g/mol. The Hall–Kier alpha value is -3.57. The molecule has 32 heavy (non-hydrogen) atoms. The summed E-state index contributed by atoms with van der Waals surface area (Å²) in [4.78, 5) is 32.4. The molecule has 11 heteroatoms. The van der Waals surface area contributed by atoms with Crippen LogP contribution in [-0.2, 0) is 21.2 Å². The van der Waals surface area contributed by atoms with Crippen LogP contribution in [0.1, 0.15) is 13.3 Å². The summed E-state index contributed by atoms with van der Waals surface area (Å²) < 4.78 is 29.1. The monoisotopic (exact) mass is 458 g/mol. The molecule has 1 unspecified atom stereocenters. The van der Waals surface area contributed by atoms with Crippen molar-refractivity contribution in [2.45, 2.75) is 24.6 Å². The molecule has 0 spiro atoms. The van der Waals surface area contributed by atoms with E-state index in [9.17, 15) is 18.0 Å². The van der Waals surface area contributed by atoms with Crippen molar-refractivity contribution >= 4 is 15.7 Å². The Morgan fingerprint density at radius 2 is 1.81 bits per heavy atom. The minimum Gasteiger partial charge on any atom is -0.424 e. The van der Waals surface area contributed by atoms with Gasteiger partial charge in [0.05, 0.1) is 0 Å². The van der Waals surface area contributed by atoms with E-state index in [2.05, 4.69) is 9.97 Å². The summed E-state index contributed by atoms with van der Waals surface area (Å²) in [6.45, 7) is 1.18. The van der Waals surface area contributed by atoms with Gasteiger partial charge in [-0.1, -0.05) is 12.1 Å². The van der Waals surface area contributed by atoms with E-state index in [1.807, 2.05) is 0 Å². The van der Waals surface area contributed by atoms with E-state index in [4.69, 9.17) is 9.94 Å². The van der Waals surface area contributed by atoms with Crippen LogP contribution >= 0.6 is 0 Å². The van der Waals surface area contributed by atoms with Gasteiger partial charge < -0.3 is 9.30 Å². The summed E-state index contributed by atoms with van der Waals surface area (Å²) in [6, 6.07) is 12.0. The Balaban J connectivity index is 1.75. The number of carbonyl (C=O) groups excluding carboxylic acids is 1. The molecule has 3 rings (SSSR count). The van der Waals surface area contributed by atoms with Crippen molar-refractivity contribution in [1.29, 1.82) is 0 Å². The molecule has 2 aromatic heterocycles. The van der Waals surface area contributed by atoms with E-state index in [0.717, 1.165) is 11.8 Å². The van der Waals surface area contributed by atoms with Gasteiger partial charge in [-0.25, -0.2) is 23.9 Å². The van der Waals surface area contributed by atoms with Gasteiger partial charge in [0.25, 0.3) is 11.5 Å². The van der Waals surface area contributed by atoms with Crippen molar-refractivity contribution < 1.29 is 23.2 Å². The zero-order chi connectivity index (χ0) is 23.4. The fourth-order valence-corrected chi connectivity index (χ4v) is 3.79. The summed E-state index contributed by atoms with van der Waals surface area (Å²) in [7, 11) is -3.84. The van der Waals surface area contributed by atoms with Gasteiger partial charge in [-0.3, -0.25) is 14.8 Å². The molecule has 0 fully saturated rings. The molecule has 3 aromatic rings. The molecule has 168 valence electrons. The summed E-state index contributed by atoms with van der Waals surface area (Å²) in [5.41, 5.74) is 2.46. The zero-order valence-corrected chi connectivity index (χ0v) is 18.2. The van der Waals surface area contributed by atoms with Crippen molar-refractivity contribution in [2.24, 2.45) is 0 Å². The largest absolute Gasteiger partial charge is 0.424 e. The van der Waals surface area contributed by atoms with Crippen molar-refractivity contribution in [3.05, 3.63) is 71.4 Å². The summed E-state index contributed by atoms with van der Waals surface area (Å²) in [5.74, 6) is -0.511. The van der Waals surface area contributed by atoms with Crippen molar-refractivity contribution in [1.82, 2.24) is 20.0 Å². The van der Waals surface area contributed by atoms with Crippen LogP contribution in [-0.4, -0.2) is 45.1 Å². The van der Waals surface area contributed by atoms with Gasteiger partial charge in [-0.15, -0.1) is 0 Å². The number of aromatic nitrogens is 3. The topological polar surface area (TPSA) is 140 Å². The highest BCUT2D eigenvalue weighted by atomic mass is 32.2. The molecule has 0 saturated carbocycles. The normalized spacial score (nSPS) is 13.2. The lowest BCUT2D eigenvalue weighted by molar-refractivity contribution is -0.131.